The van der Waals surface area contributed by atoms with Crippen LogP contribution in [0.25, 0.3) is 11.0 Å². The van der Waals surface area contributed by atoms with E-state index in [1.54, 1.807) is 10.6 Å². The highest BCUT2D eigenvalue weighted by Crippen LogP contribution is 2.46. The van der Waals surface area contributed by atoms with Crippen molar-refractivity contribution in [1.29, 1.82) is 0 Å². The van der Waals surface area contributed by atoms with Crippen molar-refractivity contribution < 1.29 is 12.8 Å². The lowest BCUT2D eigenvalue weighted by Crippen LogP contribution is -2.41. The largest absolute Gasteiger partial charge is 0.367 e. The number of rotatable bonds is 4. The average Bonchev–Trinajstić information content (AvgIpc) is 3.02. The summed E-state index contributed by atoms with van der Waals surface area (Å²) in [6.07, 6.45) is 6.83. The minimum Gasteiger partial charge on any atom is -0.367 e. The number of nitrogens with zero attached hydrogens (tertiary/aromatic N) is 4. The highest BCUT2D eigenvalue weighted by atomic mass is 32.2. The van der Waals surface area contributed by atoms with E-state index in [1.165, 1.54) is 16.8 Å². The van der Waals surface area contributed by atoms with E-state index < -0.39 is 21.5 Å². The normalized spacial score (nSPS) is 23.1. The molecule has 0 amide bonds. The first-order valence-electron chi connectivity index (χ1n) is 10.4. The van der Waals surface area contributed by atoms with Crippen LogP contribution in [-0.4, -0.2) is 52.6 Å². The molecular weight excluding hydrogens is 409 g/mol. The molecule has 1 N–H and O–H groups in total. The zero-order valence-corrected chi connectivity index (χ0v) is 18.4. The Labute approximate surface area is 175 Å². The highest BCUT2D eigenvalue weighted by molar-refractivity contribution is 7.88. The molecule has 4 rings (SSSR count). The van der Waals surface area contributed by atoms with E-state index in [1.807, 2.05) is 0 Å². The number of piperidine rings is 1. The number of pyridine rings is 1. The van der Waals surface area contributed by atoms with Crippen LogP contribution in [0, 0.1) is 11.4 Å². The average molecular weight is 438 g/mol. The van der Waals surface area contributed by atoms with Crippen molar-refractivity contribution in [3.05, 3.63) is 28.6 Å². The van der Waals surface area contributed by atoms with Crippen molar-refractivity contribution in [3.8, 4) is 0 Å². The van der Waals surface area contributed by atoms with Crippen LogP contribution in [-0.2, 0) is 10.0 Å². The zero-order valence-electron chi connectivity index (χ0n) is 17.6. The number of hydrogen-bond acceptors (Lipinski definition) is 6. The first-order chi connectivity index (χ1) is 14.1. The SMILES string of the molecule is CC1(C)CCC[C@H]1n1c(=O)c(F)nc2cnc(NC3CCN(S(C)(=O)=O)CC3)cc21. The summed E-state index contributed by atoms with van der Waals surface area (Å²) in [4.78, 5) is 20.9. The second-order valence-corrected chi connectivity index (χ2v) is 11.1. The van der Waals surface area contributed by atoms with E-state index in [-0.39, 0.29) is 17.5 Å². The van der Waals surface area contributed by atoms with E-state index >= 15 is 0 Å². The van der Waals surface area contributed by atoms with Crippen molar-refractivity contribution >= 4 is 26.9 Å². The minimum atomic E-state index is -3.18. The summed E-state index contributed by atoms with van der Waals surface area (Å²) in [6, 6.07) is 1.74. The molecule has 30 heavy (non-hydrogen) atoms. The van der Waals surface area contributed by atoms with E-state index in [0.29, 0.717) is 42.8 Å². The van der Waals surface area contributed by atoms with Gasteiger partial charge in [-0.2, -0.15) is 4.39 Å². The van der Waals surface area contributed by atoms with Crippen LogP contribution in [0.1, 0.15) is 52.0 Å². The Morgan fingerprint density at radius 2 is 1.93 bits per heavy atom. The molecule has 0 bridgehead atoms. The maximum Gasteiger partial charge on any atom is 0.306 e. The van der Waals surface area contributed by atoms with E-state index in [2.05, 4.69) is 29.1 Å². The second-order valence-electron chi connectivity index (χ2n) is 9.11. The number of nitrogens with one attached hydrogen (secondary N) is 1. The Balaban J connectivity index is 1.65. The Bertz CT molecular complexity index is 1120. The minimum absolute atomic E-state index is 0.0736. The molecule has 0 aromatic carbocycles. The molecule has 1 aliphatic carbocycles. The molecule has 0 radical (unpaired) electrons. The van der Waals surface area contributed by atoms with Crippen LogP contribution in [0.15, 0.2) is 17.1 Å². The summed E-state index contributed by atoms with van der Waals surface area (Å²) < 4.78 is 40.7. The summed E-state index contributed by atoms with van der Waals surface area (Å²) in [6.45, 7) is 5.13. The van der Waals surface area contributed by atoms with Gasteiger partial charge in [-0.25, -0.2) is 22.7 Å². The number of halogens is 1. The van der Waals surface area contributed by atoms with Crippen LogP contribution < -0.4 is 10.9 Å². The number of sulfonamides is 1. The van der Waals surface area contributed by atoms with Gasteiger partial charge in [-0.05, 0) is 31.1 Å². The van der Waals surface area contributed by atoms with Crippen LogP contribution in [0.3, 0.4) is 0 Å². The fourth-order valence-corrected chi connectivity index (χ4v) is 5.67. The Morgan fingerprint density at radius 1 is 1.23 bits per heavy atom. The van der Waals surface area contributed by atoms with Crippen LogP contribution in [0.2, 0.25) is 0 Å². The van der Waals surface area contributed by atoms with Gasteiger partial charge in [0.1, 0.15) is 11.3 Å². The van der Waals surface area contributed by atoms with E-state index in [0.717, 1.165) is 19.3 Å². The molecule has 8 nitrogen and oxygen atoms in total. The summed E-state index contributed by atoms with van der Waals surface area (Å²) in [5, 5.41) is 3.35. The smallest absolute Gasteiger partial charge is 0.306 e. The summed E-state index contributed by atoms with van der Waals surface area (Å²) in [7, 11) is -3.18. The van der Waals surface area contributed by atoms with Gasteiger partial charge in [0.2, 0.25) is 10.0 Å². The van der Waals surface area contributed by atoms with Gasteiger partial charge in [0, 0.05) is 31.2 Å². The van der Waals surface area contributed by atoms with Crippen LogP contribution in [0.5, 0.6) is 0 Å². The maximum absolute atomic E-state index is 14.3. The Hall–Kier alpha value is -2.07. The van der Waals surface area contributed by atoms with Crippen molar-refractivity contribution in [3.63, 3.8) is 0 Å². The third-order valence-electron chi connectivity index (χ3n) is 6.52. The van der Waals surface area contributed by atoms with Gasteiger partial charge < -0.3 is 5.32 Å². The molecule has 2 aromatic rings. The molecule has 2 aliphatic rings. The van der Waals surface area contributed by atoms with E-state index in [4.69, 9.17) is 0 Å². The molecule has 2 aromatic heterocycles. The first-order valence-corrected chi connectivity index (χ1v) is 12.2. The van der Waals surface area contributed by atoms with Crippen LogP contribution >= 0.6 is 0 Å². The third kappa shape index (κ3) is 3.94. The van der Waals surface area contributed by atoms with Gasteiger partial charge in [0.05, 0.1) is 18.0 Å². The quantitative estimate of drug-likeness (QED) is 0.789. The summed E-state index contributed by atoms with van der Waals surface area (Å²) in [5.74, 6) is -0.418. The number of anilines is 1. The first kappa shape index (κ1) is 21.2. The number of hydrogen-bond donors (Lipinski definition) is 1. The predicted octanol–water partition coefficient (Wildman–Crippen LogP) is 2.52. The van der Waals surface area contributed by atoms with Gasteiger partial charge in [-0.1, -0.05) is 20.3 Å². The molecule has 2 fully saturated rings. The lowest BCUT2D eigenvalue weighted by molar-refractivity contribution is 0.258. The Kier molecular flexibility index (Phi) is 5.34. The van der Waals surface area contributed by atoms with Gasteiger partial charge in [-0.3, -0.25) is 9.36 Å². The molecule has 1 saturated heterocycles. The van der Waals surface area contributed by atoms with Gasteiger partial charge in [0.15, 0.2) is 0 Å². The second kappa shape index (κ2) is 7.56. The lowest BCUT2D eigenvalue weighted by Gasteiger charge is -2.31. The molecule has 164 valence electrons. The summed E-state index contributed by atoms with van der Waals surface area (Å²) in [5.41, 5.74) is 0.126. The molecule has 10 heteroatoms. The maximum atomic E-state index is 14.3. The van der Waals surface area contributed by atoms with Crippen molar-refractivity contribution in [1.82, 2.24) is 18.8 Å². The molecular formula is C20H28FN5O3S. The molecule has 0 spiro atoms. The Morgan fingerprint density at radius 3 is 2.53 bits per heavy atom. The third-order valence-corrected chi connectivity index (χ3v) is 7.83. The lowest BCUT2D eigenvalue weighted by atomic mass is 9.87. The van der Waals surface area contributed by atoms with Crippen molar-refractivity contribution in [2.45, 2.75) is 58.0 Å². The zero-order chi connectivity index (χ0) is 21.7. The van der Waals surface area contributed by atoms with Gasteiger partial charge in [0.25, 0.3) is 5.95 Å². The standard InChI is InChI=1S/C20H28FN5O3S/c1-20(2)8-4-5-16(20)26-15-11-17(22-12-14(15)24-18(21)19(26)27)23-13-6-9-25(10-7-13)30(3,28)29/h11-13,16H,4-10H2,1-3H3,(H,22,23)/t16-/m1/s1. The monoisotopic (exact) mass is 437 g/mol. The molecule has 0 unspecified atom stereocenters. The fourth-order valence-electron chi connectivity index (χ4n) is 4.80. The van der Waals surface area contributed by atoms with Gasteiger partial charge >= 0.3 is 5.56 Å². The van der Waals surface area contributed by atoms with Gasteiger partial charge in [-0.15, -0.1) is 0 Å². The molecule has 3 heterocycles. The van der Waals surface area contributed by atoms with Crippen molar-refractivity contribution in [2.24, 2.45) is 5.41 Å². The predicted molar refractivity (Wildman–Crippen MR) is 113 cm³/mol. The topological polar surface area (TPSA) is 97.2 Å². The van der Waals surface area contributed by atoms with E-state index in [9.17, 15) is 17.6 Å². The molecule has 1 aliphatic heterocycles. The highest BCUT2D eigenvalue weighted by Gasteiger charge is 2.37. The molecule has 1 saturated carbocycles. The van der Waals surface area contributed by atoms with Crippen LogP contribution in [0.4, 0.5) is 10.2 Å². The summed E-state index contributed by atoms with van der Waals surface area (Å²) >= 11 is 0. The molecule has 1 atom stereocenters. The fraction of sp³-hybridized carbons (Fsp3) is 0.650. The van der Waals surface area contributed by atoms with Crippen molar-refractivity contribution in [2.75, 3.05) is 24.7 Å². The number of aromatic nitrogens is 3. The number of fused-ring (bicyclic) bond motifs is 1.